The summed E-state index contributed by atoms with van der Waals surface area (Å²) in [6, 6.07) is 8.14. The summed E-state index contributed by atoms with van der Waals surface area (Å²) in [4.78, 5) is 0. The highest BCUT2D eigenvalue weighted by Gasteiger charge is 2.37. The van der Waals surface area contributed by atoms with E-state index in [0.717, 1.165) is 25.0 Å². The number of hydrogen-bond donors (Lipinski definition) is 1. The smallest absolute Gasteiger partial charge is 0.119 e. The summed E-state index contributed by atoms with van der Waals surface area (Å²) >= 11 is 0. The Bertz CT molecular complexity index is 310. The van der Waals surface area contributed by atoms with Crippen molar-refractivity contribution < 1.29 is 4.74 Å². The molecule has 2 nitrogen and oxygen atoms in total. The lowest BCUT2D eigenvalue weighted by atomic mass is 10.1. The number of rotatable bonds is 3. The van der Waals surface area contributed by atoms with Gasteiger partial charge in [-0.3, -0.25) is 0 Å². The molecule has 0 atom stereocenters. The van der Waals surface area contributed by atoms with Gasteiger partial charge in [0.15, 0.2) is 0 Å². The van der Waals surface area contributed by atoms with E-state index < -0.39 is 0 Å². The second-order valence-corrected chi connectivity index (χ2v) is 3.89. The van der Waals surface area contributed by atoms with Crippen LogP contribution in [-0.4, -0.2) is 12.6 Å². The molecule has 78 valence electrons. The molecule has 0 heterocycles. The van der Waals surface area contributed by atoms with Crippen LogP contribution in [0.5, 0.6) is 5.75 Å². The fraction of sp³-hybridized carbons (Fsp3) is 0.455. The van der Waals surface area contributed by atoms with Crippen LogP contribution in [0.2, 0.25) is 0 Å². The maximum absolute atomic E-state index is 6.03. The van der Waals surface area contributed by atoms with Gasteiger partial charge in [0, 0.05) is 5.54 Å². The molecular formula is C11H16ClNO. The summed E-state index contributed by atoms with van der Waals surface area (Å²) < 4.78 is 5.15. The molecule has 0 spiro atoms. The number of benzene rings is 1. The van der Waals surface area contributed by atoms with Crippen LogP contribution in [0.4, 0.5) is 0 Å². The normalized spacial score (nSPS) is 17.0. The Hall–Kier alpha value is -0.730. The summed E-state index contributed by atoms with van der Waals surface area (Å²) in [6.45, 7) is 0. The van der Waals surface area contributed by atoms with E-state index in [1.54, 1.807) is 7.11 Å². The van der Waals surface area contributed by atoms with Crippen molar-refractivity contribution in [2.75, 3.05) is 7.11 Å². The van der Waals surface area contributed by atoms with Gasteiger partial charge in [-0.1, -0.05) is 12.1 Å². The molecule has 0 aliphatic heterocycles. The number of ether oxygens (including phenoxy) is 1. The van der Waals surface area contributed by atoms with Crippen LogP contribution < -0.4 is 10.5 Å². The highest BCUT2D eigenvalue weighted by molar-refractivity contribution is 5.85. The molecule has 0 radical (unpaired) electrons. The second kappa shape index (κ2) is 4.20. The minimum Gasteiger partial charge on any atom is -0.497 e. The molecule has 1 aromatic carbocycles. The lowest BCUT2D eigenvalue weighted by Crippen LogP contribution is -2.24. The summed E-state index contributed by atoms with van der Waals surface area (Å²) in [7, 11) is 1.69. The minimum atomic E-state index is 0. The van der Waals surface area contributed by atoms with Crippen LogP contribution in [0, 0.1) is 0 Å². The third-order valence-electron chi connectivity index (χ3n) is 2.58. The molecule has 0 amide bonds. The lowest BCUT2D eigenvalue weighted by Gasteiger charge is -2.09. The molecule has 1 aromatic rings. The molecule has 0 bridgehead atoms. The first-order chi connectivity index (χ1) is 6.22. The number of nitrogens with two attached hydrogens (primary N) is 1. The zero-order valence-corrected chi connectivity index (χ0v) is 9.14. The van der Waals surface area contributed by atoms with Gasteiger partial charge in [0.2, 0.25) is 0 Å². The van der Waals surface area contributed by atoms with Gasteiger partial charge in [-0.15, -0.1) is 12.4 Å². The average molecular weight is 214 g/mol. The largest absolute Gasteiger partial charge is 0.497 e. The number of hydrogen-bond acceptors (Lipinski definition) is 2. The molecule has 14 heavy (non-hydrogen) atoms. The first-order valence-electron chi connectivity index (χ1n) is 4.64. The van der Waals surface area contributed by atoms with Crippen molar-refractivity contribution in [2.45, 2.75) is 24.8 Å². The van der Waals surface area contributed by atoms with E-state index in [-0.39, 0.29) is 17.9 Å². The third kappa shape index (κ3) is 2.63. The standard InChI is InChI=1S/C11H15NO.ClH/c1-13-10-4-2-3-9(7-10)8-11(12)5-6-11;/h2-4,7H,5-6,8,12H2,1H3;1H. The highest BCUT2D eigenvalue weighted by atomic mass is 35.5. The molecule has 0 unspecified atom stereocenters. The summed E-state index contributed by atoms with van der Waals surface area (Å²) in [6.07, 6.45) is 3.29. The van der Waals surface area contributed by atoms with E-state index in [4.69, 9.17) is 10.5 Å². The van der Waals surface area contributed by atoms with Gasteiger partial charge < -0.3 is 10.5 Å². The van der Waals surface area contributed by atoms with E-state index >= 15 is 0 Å². The predicted molar refractivity (Wildman–Crippen MR) is 60.1 cm³/mol. The Labute approximate surface area is 90.9 Å². The van der Waals surface area contributed by atoms with Crippen LogP contribution in [0.25, 0.3) is 0 Å². The molecular weight excluding hydrogens is 198 g/mol. The van der Waals surface area contributed by atoms with Crippen molar-refractivity contribution in [3.63, 3.8) is 0 Å². The van der Waals surface area contributed by atoms with Crippen LogP contribution in [0.15, 0.2) is 24.3 Å². The Morgan fingerprint density at radius 2 is 2.14 bits per heavy atom. The number of halogens is 1. The minimum absolute atomic E-state index is 0. The van der Waals surface area contributed by atoms with E-state index in [2.05, 4.69) is 12.1 Å². The fourth-order valence-corrected chi connectivity index (χ4v) is 1.53. The van der Waals surface area contributed by atoms with Gasteiger partial charge in [-0.05, 0) is 37.0 Å². The maximum atomic E-state index is 6.03. The summed E-state index contributed by atoms with van der Waals surface area (Å²) in [5.41, 5.74) is 7.40. The monoisotopic (exact) mass is 213 g/mol. The molecule has 2 rings (SSSR count). The molecule has 1 fully saturated rings. The maximum Gasteiger partial charge on any atom is 0.119 e. The van der Waals surface area contributed by atoms with Gasteiger partial charge in [0.1, 0.15) is 5.75 Å². The molecule has 1 aliphatic rings. The highest BCUT2D eigenvalue weighted by Crippen LogP contribution is 2.35. The second-order valence-electron chi connectivity index (χ2n) is 3.89. The van der Waals surface area contributed by atoms with Crippen molar-refractivity contribution in [3.05, 3.63) is 29.8 Å². The zero-order chi connectivity index (χ0) is 9.31. The van der Waals surface area contributed by atoms with Crippen LogP contribution in [0.1, 0.15) is 18.4 Å². The van der Waals surface area contributed by atoms with Crippen LogP contribution >= 0.6 is 12.4 Å². The van der Waals surface area contributed by atoms with E-state index in [1.807, 2.05) is 12.1 Å². The lowest BCUT2D eigenvalue weighted by molar-refractivity contribution is 0.414. The first-order valence-corrected chi connectivity index (χ1v) is 4.64. The van der Waals surface area contributed by atoms with Crippen molar-refractivity contribution in [3.8, 4) is 5.75 Å². The summed E-state index contributed by atoms with van der Waals surface area (Å²) in [5.74, 6) is 0.918. The average Bonchev–Trinajstić information content (AvgIpc) is 2.84. The van der Waals surface area contributed by atoms with E-state index in [1.165, 1.54) is 5.56 Å². The van der Waals surface area contributed by atoms with Gasteiger partial charge in [0.05, 0.1) is 7.11 Å². The van der Waals surface area contributed by atoms with Gasteiger partial charge in [-0.25, -0.2) is 0 Å². The summed E-state index contributed by atoms with van der Waals surface area (Å²) in [5, 5.41) is 0. The van der Waals surface area contributed by atoms with Gasteiger partial charge in [-0.2, -0.15) is 0 Å². The number of methoxy groups -OCH3 is 1. The molecule has 2 N–H and O–H groups in total. The van der Waals surface area contributed by atoms with Crippen molar-refractivity contribution >= 4 is 12.4 Å². The van der Waals surface area contributed by atoms with Gasteiger partial charge in [0.25, 0.3) is 0 Å². The molecule has 3 heteroatoms. The van der Waals surface area contributed by atoms with Crippen LogP contribution in [0.3, 0.4) is 0 Å². The van der Waals surface area contributed by atoms with Crippen molar-refractivity contribution in [1.82, 2.24) is 0 Å². The molecule has 1 saturated carbocycles. The first kappa shape index (κ1) is 11.3. The van der Waals surface area contributed by atoms with Gasteiger partial charge >= 0.3 is 0 Å². The van der Waals surface area contributed by atoms with Crippen molar-refractivity contribution in [1.29, 1.82) is 0 Å². The van der Waals surface area contributed by atoms with Crippen molar-refractivity contribution in [2.24, 2.45) is 5.73 Å². The molecule has 1 aliphatic carbocycles. The Balaban J connectivity index is 0.000000980. The quantitative estimate of drug-likeness (QED) is 0.835. The molecule has 0 saturated heterocycles. The van der Waals surface area contributed by atoms with E-state index in [9.17, 15) is 0 Å². The Morgan fingerprint density at radius 3 is 2.71 bits per heavy atom. The third-order valence-corrected chi connectivity index (χ3v) is 2.58. The predicted octanol–water partition coefficient (Wildman–Crippen LogP) is 2.15. The Kier molecular flexibility index (Phi) is 3.40. The zero-order valence-electron chi connectivity index (χ0n) is 8.32. The molecule has 0 aromatic heterocycles. The fourth-order valence-electron chi connectivity index (χ4n) is 1.53. The Morgan fingerprint density at radius 1 is 1.43 bits per heavy atom. The topological polar surface area (TPSA) is 35.2 Å². The SMILES string of the molecule is COc1cccc(CC2(N)CC2)c1.Cl. The van der Waals surface area contributed by atoms with E-state index in [0.29, 0.717) is 0 Å². The van der Waals surface area contributed by atoms with Crippen LogP contribution in [-0.2, 0) is 6.42 Å².